The molecular formula is C21H24FN3O3. The summed E-state index contributed by atoms with van der Waals surface area (Å²) in [6.45, 7) is 6.98. The lowest BCUT2D eigenvalue weighted by Gasteiger charge is -2.36. The highest BCUT2D eigenvalue weighted by Crippen LogP contribution is 2.37. The van der Waals surface area contributed by atoms with Crippen molar-refractivity contribution in [1.82, 2.24) is 9.47 Å². The predicted molar refractivity (Wildman–Crippen MR) is 108 cm³/mol. The summed E-state index contributed by atoms with van der Waals surface area (Å²) in [7, 11) is 2.05. The van der Waals surface area contributed by atoms with Crippen LogP contribution in [0, 0.1) is 5.82 Å². The van der Waals surface area contributed by atoms with Gasteiger partial charge in [-0.2, -0.15) is 0 Å². The molecule has 2 aromatic rings. The lowest BCUT2D eigenvalue weighted by molar-refractivity contribution is 0.0524. The summed E-state index contributed by atoms with van der Waals surface area (Å²) in [6, 6.07) is 1.22. The van der Waals surface area contributed by atoms with Crippen LogP contribution < -0.4 is 10.3 Å². The fourth-order valence-electron chi connectivity index (χ4n) is 4.02. The Labute approximate surface area is 162 Å². The molecule has 1 aromatic heterocycles. The molecule has 0 N–H and O–H groups in total. The highest BCUT2D eigenvalue weighted by molar-refractivity contribution is 5.99. The first kappa shape index (κ1) is 18.7. The largest absolute Gasteiger partial charge is 0.462 e. The molecule has 2 aliphatic rings. The number of anilines is 1. The van der Waals surface area contributed by atoms with Gasteiger partial charge in [0.2, 0.25) is 5.43 Å². The van der Waals surface area contributed by atoms with Crippen molar-refractivity contribution in [2.24, 2.45) is 0 Å². The van der Waals surface area contributed by atoms with Crippen LogP contribution in [0.25, 0.3) is 17.0 Å². The van der Waals surface area contributed by atoms with Crippen LogP contribution in [-0.4, -0.2) is 55.3 Å². The first-order valence-electron chi connectivity index (χ1n) is 9.62. The van der Waals surface area contributed by atoms with E-state index in [1.54, 1.807) is 13.1 Å². The standard InChI is InChI=1S/C21H24FN3O3/c1-4-28-21(27)16-12-25-13(2)5-6-14-18(25)15(20(16)26)11-17(22)19(14)24-9-7-23(3)8-10-24/h5-6,11-13H,4,7-10H2,1-3H3. The summed E-state index contributed by atoms with van der Waals surface area (Å²) in [5, 5.41) is 0.215. The van der Waals surface area contributed by atoms with Gasteiger partial charge in [0, 0.05) is 44.0 Å². The Morgan fingerprint density at radius 3 is 2.68 bits per heavy atom. The minimum atomic E-state index is -0.676. The molecule has 1 unspecified atom stereocenters. The monoisotopic (exact) mass is 385 g/mol. The van der Waals surface area contributed by atoms with Crippen LogP contribution in [0.15, 0.2) is 23.1 Å². The van der Waals surface area contributed by atoms with E-state index in [0.29, 0.717) is 16.8 Å². The van der Waals surface area contributed by atoms with Gasteiger partial charge >= 0.3 is 5.97 Å². The van der Waals surface area contributed by atoms with Crippen molar-refractivity contribution in [3.05, 3.63) is 45.5 Å². The van der Waals surface area contributed by atoms with Crippen molar-refractivity contribution < 1.29 is 13.9 Å². The van der Waals surface area contributed by atoms with E-state index in [-0.39, 0.29) is 23.6 Å². The van der Waals surface area contributed by atoms with E-state index < -0.39 is 17.2 Å². The average Bonchev–Trinajstić information content (AvgIpc) is 2.67. The first-order chi connectivity index (χ1) is 13.4. The maximum atomic E-state index is 15.2. The fourth-order valence-corrected chi connectivity index (χ4v) is 4.02. The molecule has 148 valence electrons. The zero-order valence-corrected chi connectivity index (χ0v) is 16.4. The van der Waals surface area contributed by atoms with Crippen molar-refractivity contribution in [3.63, 3.8) is 0 Å². The number of carbonyl (C=O) groups is 1. The second-order valence-corrected chi connectivity index (χ2v) is 7.41. The van der Waals surface area contributed by atoms with Gasteiger partial charge in [-0.3, -0.25) is 4.79 Å². The maximum Gasteiger partial charge on any atom is 0.343 e. The number of benzene rings is 1. The third-order valence-corrected chi connectivity index (χ3v) is 5.57. The highest BCUT2D eigenvalue weighted by Gasteiger charge is 2.28. The number of allylic oxidation sites excluding steroid dienone is 1. The van der Waals surface area contributed by atoms with E-state index in [1.165, 1.54) is 6.07 Å². The molecule has 28 heavy (non-hydrogen) atoms. The summed E-state index contributed by atoms with van der Waals surface area (Å²) in [5.74, 6) is -1.11. The number of carbonyl (C=O) groups excluding carboxylic acids is 1. The molecule has 1 saturated heterocycles. The molecule has 1 atom stereocenters. The van der Waals surface area contributed by atoms with Gasteiger partial charge in [0.15, 0.2) is 0 Å². The number of ether oxygens (including phenoxy) is 1. The molecular weight excluding hydrogens is 361 g/mol. The second kappa shape index (κ2) is 7.05. The van der Waals surface area contributed by atoms with Crippen LogP contribution in [0.5, 0.6) is 0 Å². The number of hydrogen-bond donors (Lipinski definition) is 0. The van der Waals surface area contributed by atoms with Gasteiger partial charge in [0.25, 0.3) is 0 Å². The molecule has 1 aromatic carbocycles. The minimum absolute atomic E-state index is 0.0606. The van der Waals surface area contributed by atoms with Crippen molar-refractivity contribution >= 4 is 28.6 Å². The molecule has 0 spiro atoms. The Morgan fingerprint density at radius 2 is 2.00 bits per heavy atom. The predicted octanol–water partition coefficient (Wildman–Crippen LogP) is 2.66. The molecule has 4 rings (SSSR count). The van der Waals surface area contributed by atoms with Gasteiger partial charge in [0.05, 0.1) is 23.2 Å². The van der Waals surface area contributed by atoms with Crippen molar-refractivity contribution in [1.29, 1.82) is 0 Å². The number of halogens is 1. The van der Waals surface area contributed by atoms with Gasteiger partial charge in [-0.15, -0.1) is 0 Å². The average molecular weight is 385 g/mol. The fraction of sp³-hybridized carbons (Fsp3) is 0.429. The lowest BCUT2D eigenvalue weighted by atomic mass is 9.98. The van der Waals surface area contributed by atoms with Crippen molar-refractivity contribution in [2.75, 3.05) is 44.7 Å². The van der Waals surface area contributed by atoms with Crippen LogP contribution >= 0.6 is 0 Å². The molecule has 0 bridgehead atoms. The van der Waals surface area contributed by atoms with Gasteiger partial charge in [-0.25, -0.2) is 9.18 Å². The van der Waals surface area contributed by atoms with Gasteiger partial charge in [0.1, 0.15) is 11.4 Å². The van der Waals surface area contributed by atoms with Crippen molar-refractivity contribution in [3.8, 4) is 0 Å². The third kappa shape index (κ3) is 2.90. The summed E-state index contributed by atoms with van der Waals surface area (Å²) in [6.07, 6.45) is 5.40. The van der Waals surface area contributed by atoms with Gasteiger partial charge in [-0.1, -0.05) is 12.2 Å². The topological polar surface area (TPSA) is 54.8 Å². The Balaban J connectivity index is 1.96. The van der Waals surface area contributed by atoms with Crippen LogP contribution in [-0.2, 0) is 4.74 Å². The lowest BCUT2D eigenvalue weighted by Crippen LogP contribution is -2.45. The second-order valence-electron chi connectivity index (χ2n) is 7.41. The van der Waals surface area contributed by atoms with Gasteiger partial charge < -0.3 is 19.1 Å². The number of likely N-dealkylation sites (N-methyl/N-ethyl adjacent to an activating group) is 1. The minimum Gasteiger partial charge on any atom is -0.462 e. The number of piperazine rings is 1. The summed E-state index contributed by atoms with van der Waals surface area (Å²) >= 11 is 0. The van der Waals surface area contributed by atoms with Crippen LogP contribution in [0.1, 0.15) is 35.8 Å². The summed E-state index contributed by atoms with van der Waals surface area (Å²) < 4.78 is 22.1. The van der Waals surface area contributed by atoms with E-state index in [0.717, 1.165) is 26.2 Å². The van der Waals surface area contributed by atoms with E-state index in [4.69, 9.17) is 4.74 Å². The number of hydrogen-bond acceptors (Lipinski definition) is 5. The number of nitrogens with zero attached hydrogens (tertiary/aromatic N) is 3. The maximum absolute atomic E-state index is 15.2. The van der Waals surface area contributed by atoms with E-state index in [1.807, 2.05) is 35.6 Å². The summed E-state index contributed by atoms with van der Waals surface area (Å²) in [5.41, 5.74) is 1.35. The molecule has 3 heterocycles. The first-order valence-corrected chi connectivity index (χ1v) is 9.62. The third-order valence-electron chi connectivity index (χ3n) is 5.57. The van der Waals surface area contributed by atoms with Crippen LogP contribution in [0.4, 0.5) is 10.1 Å². The van der Waals surface area contributed by atoms with Crippen LogP contribution in [0.3, 0.4) is 0 Å². The molecule has 6 nitrogen and oxygen atoms in total. The van der Waals surface area contributed by atoms with Gasteiger partial charge in [-0.05, 0) is 27.0 Å². The van der Waals surface area contributed by atoms with Crippen molar-refractivity contribution in [2.45, 2.75) is 19.9 Å². The molecule has 2 aliphatic heterocycles. The Kier molecular flexibility index (Phi) is 4.71. The molecule has 7 heteroatoms. The van der Waals surface area contributed by atoms with E-state index in [9.17, 15) is 9.59 Å². The normalized spacial score (nSPS) is 19.3. The van der Waals surface area contributed by atoms with Crippen LogP contribution in [0.2, 0.25) is 0 Å². The molecule has 1 fully saturated rings. The Morgan fingerprint density at radius 1 is 1.29 bits per heavy atom. The smallest absolute Gasteiger partial charge is 0.343 e. The van der Waals surface area contributed by atoms with E-state index >= 15 is 4.39 Å². The number of esters is 1. The quantitative estimate of drug-likeness (QED) is 0.761. The molecule has 0 saturated carbocycles. The molecule has 0 radical (unpaired) electrons. The Hall–Kier alpha value is -2.67. The van der Waals surface area contributed by atoms with E-state index in [2.05, 4.69) is 4.90 Å². The number of pyridine rings is 1. The zero-order valence-electron chi connectivity index (χ0n) is 16.4. The SMILES string of the molecule is CCOC(=O)c1cn2c3c(c(N4CCN(C)CC4)c(F)cc3c1=O)C=CC2C. The Bertz CT molecular complexity index is 1040. The molecule has 0 aliphatic carbocycles. The highest BCUT2D eigenvalue weighted by atomic mass is 19.1. The number of aromatic nitrogens is 1. The number of rotatable bonds is 3. The molecule has 0 amide bonds. The zero-order chi connectivity index (χ0) is 20.0. The summed E-state index contributed by atoms with van der Waals surface area (Å²) in [4.78, 5) is 29.5.